The lowest BCUT2D eigenvalue weighted by atomic mass is 10.2. The van der Waals surface area contributed by atoms with Crippen molar-refractivity contribution in [2.75, 3.05) is 0 Å². The molecule has 4 nitrogen and oxygen atoms in total. The Labute approximate surface area is 119 Å². The second kappa shape index (κ2) is 5.74. The molecule has 2 rings (SSSR count). The molecular formula is C13H10F3NO3S. The topological polar surface area (TPSA) is 69.4 Å². The van der Waals surface area contributed by atoms with Gasteiger partial charge in [0, 0.05) is 11.6 Å². The molecule has 0 saturated heterocycles. The zero-order valence-electron chi connectivity index (χ0n) is 10.5. The first-order chi connectivity index (χ1) is 9.77. The Morgan fingerprint density at radius 1 is 1.00 bits per heavy atom. The third kappa shape index (κ3) is 3.73. The largest absolute Gasteiger partial charge is 0.486 e. The fraction of sp³-hybridized carbons (Fsp3) is 0.0769. The van der Waals surface area contributed by atoms with Crippen molar-refractivity contribution in [3.63, 3.8) is 0 Å². The first kappa shape index (κ1) is 15.3. The Kier molecular flexibility index (Phi) is 4.19. The van der Waals surface area contributed by atoms with Gasteiger partial charge < -0.3 is 4.74 Å². The molecule has 21 heavy (non-hydrogen) atoms. The van der Waals surface area contributed by atoms with Crippen LogP contribution in [0.1, 0.15) is 5.56 Å². The molecule has 0 bridgehead atoms. The summed E-state index contributed by atoms with van der Waals surface area (Å²) in [5, 5.41) is 4.85. The molecule has 0 aromatic heterocycles. The molecule has 2 aromatic rings. The van der Waals surface area contributed by atoms with Crippen LogP contribution in [0.25, 0.3) is 0 Å². The van der Waals surface area contributed by atoms with E-state index < -0.39 is 32.4 Å². The lowest BCUT2D eigenvalue weighted by molar-refractivity contribution is 0.284. The Morgan fingerprint density at radius 2 is 1.71 bits per heavy atom. The summed E-state index contributed by atoms with van der Waals surface area (Å²) in [6.07, 6.45) is 0. The van der Waals surface area contributed by atoms with Gasteiger partial charge in [0.05, 0.1) is 4.90 Å². The molecule has 0 saturated carbocycles. The number of halogens is 3. The Bertz CT molecular complexity index is 778. The first-order valence-corrected chi connectivity index (χ1v) is 7.21. The third-order valence-electron chi connectivity index (χ3n) is 2.63. The van der Waals surface area contributed by atoms with Crippen LogP contribution >= 0.6 is 0 Å². The lowest BCUT2D eigenvalue weighted by Gasteiger charge is -2.09. The minimum Gasteiger partial charge on any atom is -0.486 e. The van der Waals surface area contributed by atoms with E-state index in [1.54, 1.807) is 0 Å². The van der Waals surface area contributed by atoms with E-state index in [-0.39, 0.29) is 17.9 Å². The van der Waals surface area contributed by atoms with Crippen LogP contribution in [0.3, 0.4) is 0 Å². The van der Waals surface area contributed by atoms with Gasteiger partial charge in [-0.1, -0.05) is 0 Å². The van der Waals surface area contributed by atoms with Crippen molar-refractivity contribution < 1.29 is 26.3 Å². The SMILES string of the molecule is NS(=O)(=O)c1ccc(OCc2ccc(F)cc2F)c(F)c1. The van der Waals surface area contributed by atoms with E-state index in [1.165, 1.54) is 6.07 Å². The van der Waals surface area contributed by atoms with Crippen molar-refractivity contribution in [2.24, 2.45) is 5.14 Å². The average Bonchev–Trinajstić information content (AvgIpc) is 2.38. The molecule has 0 aliphatic rings. The highest BCUT2D eigenvalue weighted by molar-refractivity contribution is 7.89. The maximum Gasteiger partial charge on any atom is 0.238 e. The fourth-order valence-electron chi connectivity index (χ4n) is 1.57. The molecule has 8 heteroatoms. The van der Waals surface area contributed by atoms with E-state index in [0.717, 1.165) is 18.2 Å². The molecule has 0 fully saturated rings. The van der Waals surface area contributed by atoms with E-state index in [4.69, 9.17) is 9.88 Å². The van der Waals surface area contributed by atoms with Gasteiger partial charge in [-0.2, -0.15) is 0 Å². The average molecular weight is 317 g/mol. The molecule has 0 radical (unpaired) electrons. The van der Waals surface area contributed by atoms with Crippen LogP contribution in [0.15, 0.2) is 41.3 Å². The lowest BCUT2D eigenvalue weighted by Crippen LogP contribution is -2.12. The van der Waals surface area contributed by atoms with Gasteiger partial charge in [0.1, 0.15) is 18.2 Å². The molecule has 112 valence electrons. The van der Waals surface area contributed by atoms with Crippen molar-refractivity contribution >= 4 is 10.0 Å². The summed E-state index contributed by atoms with van der Waals surface area (Å²) in [4.78, 5) is -0.402. The van der Waals surface area contributed by atoms with Crippen LogP contribution in [-0.4, -0.2) is 8.42 Å². The summed E-state index contributed by atoms with van der Waals surface area (Å²) in [5.41, 5.74) is 0.0336. The summed E-state index contributed by atoms with van der Waals surface area (Å²) < 4.78 is 66.8. The second-order valence-corrected chi connectivity index (χ2v) is 5.72. The molecule has 0 aliphatic heterocycles. The number of benzene rings is 2. The number of ether oxygens (including phenoxy) is 1. The van der Waals surface area contributed by atoms with Gasteiger partial charge in [-0.25, -0.2) is 26.7 Å². The van der Waals surface area contributed by atoms with Crippen LogP contribution in [0.4, 0.5) is 13.2 Å². The second-order valence-electron chi connectivity index (χ2n) is 4.16. The Morgan fingerprint density at radius 3 is 2.29 bits per heavy atom. The minimum absolute atomic E-state index is 0.0336. The van der Waals surface area contributed by atoms with Gasteiger partial charge in [0.15, 0.2) is 11.6 Å². The van der Waals surface area contributed by atoms with E-state index >= 15 is 0 Å². The fourth-order valence-corrected chi connectivity index (χ4v) is 2.10. The van der Waals surface area contributed by atoms with Gasteiger partial charge in [-0.15, -0.1) is 0 Å². The number of sulfonamides is 1. The molecule has 2 aromatic carbocycles. The zero-order chi connectivity index (χ0) is 15.6. The van der Waals surface area contributed by atoms with Crippen LogP contribution < -0.4 is 9.88 Å². The molecule has 0 spiro atoms. The molecule has 0 unspecified atom stereocenters. The summed E-state index contributed by atoms with van der Waals surface area (Å²) in [7, 11) is -4.02. The number of primary sulfonamides is 1. The highest BCUT2D eigenvalue weighted by Gasteiger charge is 2.13. The number of rotatable bonds is 4. The highest BCUT2D eigenvalue weighted by atomic mass is 32.2. The first-order valence-electron chi connectivity index (χ1n) is 5.66. The van der Waals surface area contributed by atoms with Crippen LogP contribution in [0.5, 0.6) is 5.75 Å². The zero-order valence-corrected chi connectivity index (χ0v) is 11.3. The van der Waals surface area contributed by atoms with Crippen molar-refractivity contribution in [1.82, 2.24) is 0 Å². The summed E-state index contributed by atoms with van der Waals surface area (Å²) in [6, 6.07) is 5.72. The van der Waals surface area contributed by atoms with Gasteiger partial charge in [0.25, 0.3) is 0 Å². The van der Waals surface area contributed by atoms with E-state index in [1.807, 2.05) is 0 Å². The van der Waals surface area contributed by atoms with Gasteiger partial charge in [-0.3, -0.25) is 0 Å². The van der Waals surface area contributed by atoms with Gasteiger partial charge >= 0.3 is 0 Å². The maximum atomic E-state index is 13.6. The monoisotopic (exact) mass is 317 g/mol. The summed E-state index contributed by atoms with van der Waals surface area (Å²) >= 11 is 0. The van der Waals surface area contributed by atoms with Crippen molar-refractivity contribution in [3.05, 3.63) is 59.4 Å². The Balaban J connectivity index is 2.17. The quantitative estimate of drug-likeness (QED) is 0.941. The van der Waals surface area contributed by atoms with E-state index in [2.05, 4.69) is 0 Å². The normalized spacial score (nSPS) is 11.4. The predicted molar refractivity (Wildman–Crippen MR) is 68.5 cm³/mol. The van der Waals surface area contributed by atoms with E-state index in [9.17, 15) is 21.6 Å². The van der Waals surface area contributed by atoms with Crippen LogP contribution in [0.2, 0.25) is 0 Å². The molecule has 0 amide bonds. The Hall–Kier alpha value is -2.06. The smallest absolute Gasteiger partial charge is 0.238 e. The van der Waals surface area contributed by atoms with Crippen LogP contribution in [0, 0.1) is 17.5 Å². The summed E-state index contributed by atoms with van der Waals surface area (Å²) in [5.74, 6) is -2.79. The predicted octanol–water partition coefficient (Wildman–Crippen LogP) is 2.33. The maximum absolute atomic E-state index is 13.6. The number of hydrogen-bond acceptors (Lipinski definition) is 3. The van der Waals surface area contributed by atoms with Gasteiger partial charge in [0.2, 0.25) is 10.0 Å². The molecule has 0 aliphatic carbocycles. The number of hydrogen-bond donors (Lipinski definition) is 1. The van der Waals surface area contributed by atoms with Crippen molar-refractivity contribution in [3.8, 4) is 5.75 Å². The molecule has 0 heterocycles. The van der Waals surface area contributed by atoms with Gasteiger partial charge in [-0.05, 0) is 30.3 Å². The molecule has 2 N–H and O–H groups in total. The minimum atomic E-state index is -4.02. The molecular weight excluding hydrogens is 307 g/mol. The van der Waals surface area contributed by atoms with E-state index in [0.29, 0.717) is 12.1 Å². The van der Waals surface area contributed by atoms with Crippen molar-refractivity contribution in [2.45, 2.75) is 11.5 Å². The number of nitrogens with two attached hydrogens (primary N) is 1. The van der Waals surface area contributed by atoms with Crippen molar-refractivity contribution in [1.29, 1.82) is 0 Å². The summed E-state index contributed by atoms with van der Waals surface area (Å²) in [6.45, 7) is -0.336. The van der Waals surface area contributed by atoms with Crippen LogP contribution in [-0.2, 0) is 16.6 Å². The highest BCUT2D eigenvalue weighted by Crippen LogP contribution is 2.22. The standard InChI is InChI=1S/C13H10F3NO3S/c14-9-2-1-8(11(15)5-9)7-20-13-4-3-10(6-12(13)16)21(17,18)19/h1-6H,7H2,(H2,17,18,19). The molecule has 0 atom stereocenters. The third-order valence-corrected chi connectivity index (χ3v) is 3.54.